The van der Waals surface area contributed by atoms with E-state index >= 15 is 0 Å². The van der Waals surface area contributed by atoms with Gasteiger partial charge in [-0.25, -0.2) is 9.18 Å². The lowest BCUT2D eigenvalue weighted by Gasteiger charge is -2.29. The van der Waals surface area contributed by atoms with Crippen molar-refractivity contribution in [1.82, 2.24) is 15.1 Å². The maximum Gasteiger partial charge on any atom is 0.318 e. The Morgan fingerprint density at radius 1 is 1.09 bits per heavy atom. The number of rotatable bonds is 9. The number of Topliss-reactive ketones (excluding diaryl/α,β-unsaturated/α-hetero) is 1. The molecule has 0 aromatic heterocycles. The third-order valence-electron chi connectivity index (χ3n) is 5.99. The number of halogens is 1. The van der Waals surface area contributed by atoms with Crippen molar-refractivity contribution in [3.05, 3.63) is 71.0 Å². The fourth-order valence-corrected chi connectivity index (χ4v) is 4.08. The highest BCUT2D eigenvalue weighted by molar-refractivity contribution is 5.96. The largest absolute Gasteiger partial charge is 0.334 e. The van der Waals surface area contributed by atoms with E-state index in [1.165, 1.54) is 12.1 Å². The van der Waals surface area contributed by atoms with Crippen LogP contribution in [0.1, 0.15) is 54.6 Å². The number of hydrogen-bond donors (Lipinski definition) is 1. The van der Waals surface area contributed by atoms with Gasteiger partial charge in [0.1, 0.15) is 5.82 Å². The maximum absolute atomic E-state index is 13.3. The number of nitrogens with one attached hydrogen (secondary N) is 1. The lowest BCUT2D eigenvalue weighted by molar-refractivity contribution is 0.0967. The molecule has 1 fully saturated rings. The Morgan fingerprint density at radius 2 is 1.75 bits per heavy atom. The Labute approximate surface area is 190 Å². The Balaban J connectivity index is 1.62. The molecule has 32 heavy (non-hydrogen) atoms. The number of hydrogen-bond acceptors (Lipinski definition) is 3. The number of benzene rings is 2. The summed E-state index contributed by atoms with van der Waals surface area (Å²) in [5, 5.41) is 3.01. The SMILES string of the molecule is CC(C)CC(=O)c1ccc(CNC(=O)N(Cc2ccc(F)cc2)C[C@@H]2CCCN2C)cc1. The summed E-state index contributed by atoms with van der Waals surface area (Å²) in [4.78, 5) is 29.3. The summed E-state index contributed by atoms with van der Waals surface area (Å²) in [6.45, 7) is 6.55. The topological polar surface area (TPSA) is 52.7 Å². The van der Waals surface area contributed by atoms with E-state index in [4.69, 9.17) is 0 Å². The van der Waals surface area contributed by atoms with Gasteiger partial charge in [-0.3, -0.25) is 4.79 Å². The maximum atomic E-state index is 13.3. The molecule has 0 bridgehead atoms. The van der Waals surface area contributed by atoms with Crippen LogP contribution in [0.2, 0.25) is 0 Å². The number of likely N-dealkylation sites (N-methyl/N-ethyl adjacent to an activating group) is 1. The zero-order valence-corrected chi connectivity index (χ0v) is 19.3. The van der Waals surface area contributed by atoms with Crippen LogP contribution in [0.15, 0.2) is 48.5 Å². The highest BCUT2D eigenvalue weighted by Gasteiger charge is 2.25. The zero-order chi connectivity index (χ0) is 23.1. The zero-order valence-electron chi connectivity index (χ0n) is 19.3. The van der Waals surface area contributed by atoms with Gasteiger partial charge in [-0.15, -0.1) is 0 Å². The number of ketones is 1. The molecule has 0 saturated carbocycles. The molecule has 0 spiro atoms. The van der Waals surface area contributed by atoms with Gasteiger partial charge < -0.3 is 15.1 Å². The van der Waals surface area contributed by atoms with Gasteiger partial charge in [-0.2, -0.15) is 0 Å². The molecule has 1 atom stereocenters. The second kappa shape index (κ2) is 11.2. The molecule has 2 aromatic carbocycles. The molecule has 172 valence electrons. The van der Waals surface area contributed by atoms with Gasteiger partial charge in [-0.1, -0.05) is 50.2 Å². The van der Waals surface area contributed by atoms with Crippen molar-refractivity contribution in [2.24, 2.45) is 5.92 Å². The van der Waals surface area contributed by atoms with Gasteiger partial charge >= 0.3 is 6.03 Å². The van der Waals surface area contributed by atoms with Crippen molar-refractivity contribution >= 4 is 11.8 Å². The van der Waals surface area contributed by atoms with Gasteiger partial charge in [0.15, 0.2) is 5.78 Å². The molecule has 3 rings (SSSR count). The minimum absolute atomic E-state index is 0.141. The summed E-state index contributed by atoms with van der Waals surface area (Å²) in [6, 6.07) is 13.9. The molecule has 0 aliphatic carbocycles. The first kappa shape index (κ1) is 23.9. The van der Waals surface area contributed by atoms with Crippen molar-refractivity contribution in [3.8, 4) is 0 Å². The van der Waals surface area contributed by atoms with E-state index in [1.807, 2.05) is 38.1 Å². The molecule has 0 radical (unpaired) electrons. The predicted octanol–water partition coefficient (Wildman–Crippen LogP) is 4.86. The first-order chi connectivity index (χ1) is 15.3. The van der Waals surface area contributed by atoms with E-state index in [-0.39, 0.29) is 17.6 Å². The average molecular weight is 440 g/mol. The second-order valence-corrected chi connectivity index (χ2v) is 9.16. The van der Waals surface area contributed by atoms with Crippen LogP contribution in [0.5, 0.6) is 0 Å². The Hall–Kier alpha value is -2.73. The monoisotopic (exact) mass is 439 g/mol. The molecule has 1 aliphatic rings. The molecule has 2 amide bonds. The lowest BCUT2D eigenvalue weighted by Crippen LogP contribution is -2.45. The minimum Gasteiger partial charge on any atom is -0.334 e. The number of carbonyl (C=O) groups excluding carboxylic acids is 2. The van der Waals surface area contributed by atoms with Crippen molar-refractivity contribution in [3.63, 3.8) is 0 Å². The molecule has 1 heterocycles. The molecule has 2 aromatic rings. The molecular weight excluding hydrogens is 405 g/mol. The van der Waals surface area contributed by atoms with E-state index in [0.717, 1.165) is 30.5 Å². The lowest BCUT2D eigenvalue weighted by atomic mass is 10.0. The first-order valence-corrected chi connectivity index (χ1v) is 11.4. The van der Waals surface area contributed by atoms with Crippen LogP contribution in [0.3, 0.4) is 0 Å². The van der Waals surface area contributed by atoms with Crippen LogP contribution in [-0.4, -0.2) is 47.8 Å². The number of likely N-dealkylation sites (tertiary alicyclic amines) is 1. The van der Waals surface area contributed by atoms with Gasteiger partial charge in [0.2, 0.25) is 0 Å². The third-order valence-corrected chi connectivity index (χ3v) is 5.99. The van der Waals surface area contributed by atoms with E-state index in [9.17, 15) is 14.0 Å². The number of nitrogens with zero attached hydrogens (tertiary/aromatic N) is 2. The van der Waals surface area contributed by atoms with Crippen LogP contribution in [0.4, 0.5) is 9.18 Å². The van der Waals surface area contributed by atoms with Gasteiger partial charge in [-0.05, 0) is 55.6 Å². The third kappa shape index (κ3) is 6.89. The highest BCUT2D eigenvalue weighted by Crippen LogP contribution is 2.18. The molecule has 1 saturated heterocycles. The molecule has 5 nitrogen and oxygen atoms in total. The molecule has 1 N–H and O–H groups in total. The van der Waals surface area contributed by atoms with Crippen molar-refractivity contribution in [1.29, 1.82) is 0 Å². The fraction of sp³-hybridized carbons (Fsp3) is 0.462. The van der Waals surface area contributed by atoms with Crippen LogP contribution < -0.4 is 5.32 Å². The Morgan fingerprint density at radius 3 is 2.34 bits per heavy atom. The van der Waals surface area contributed by atoms with E-state index in [2.05, 4.69) is 17.3 Å². The van der Waals surface area contributed by atoms with Crippen LogP contribution in [0, 0.1) is 11.7 Å². The van der Waals surface area contributed by atoms with E-state index in [1.54, 1.807) is 17.0 Å². The van der Waals surface area contributed by atoms with Crippen molar-refractivity contribution in [2.75, 3.05) is 20.1 Å². The second-order valence-electron chi connectivity index (χ2n) is 9.16. The molecule has 1 aliphatic heterocycles. The average Bonchev–Trinajstić information content (AvgIpc) is 3.17. The van der Waals surface area contributed by atoms with E-state index < -0.39 is 0 Å². The van der Waals surface area contributed by atoms with Gasteiger partial charge in [0.25, 0.3) is 0 Å². The van der Waals surface area contributed by atoms with Crippen molar-refractivity contribution < 1.29 is 14.0 Å². The van der Waals surface area contributed by atoms with E-state index in [0.29, 0.717) is 43.6 Å². The van der Waals surface area contributed by atoms with Gasteiger partial charge in [0.05, 0.1) is 0 Å². The number of amides is 2. The van der Waals surface area contributed by atoms with Crippen molar-refractivity contribution in [2.45, 2.75) is 52.2 Å². The Kier molecular flexibility index (Phi) is 8.39. The quantitative estimate of drug-likeness (QED) is 0.568. The highest BCUT2D eigenvalue weighted by atomic mass is 19.1. The summed E-state index contributed by atoms with van der Waals surface area (Å²) in [5.41, 5.74) is 2.55. The summed E-state index contributed by atoms with van der Waals surface area (Å²) < 4.78 is 13.3. The number of carbonyl (C=O) groups is 2. The normalized spacial score (nSPS) is 16.3. The summed E-state index contributed by atoms with van der Waals surface area (Å²) in [7, 11) is 2.09. The number of urea groups is 1. The Bertz CT molecular complexity index is 896. The fourth-order valence-electron chi connectivity index (χ4n) is 4.08. The molecule has 0 unspecified atom stereocenters. The summed E-state index contributed by atoms with van der Waals surface area (Å²) in [6.07, 6.45) is 2.73. The smallest absolute Gasteiger partial charge is 0.318 e. The molecular formula is C26H34FN3O2. The predicted molar refractivity (Wildman–Crippen MR) is 125 cm³/mol. The molecule has 6 heteroatoms. The van der Waals surface area contributed by atoms with Gasteiger partial charge in [0, 0.05) is 37.7 Å². The summed E-state index contributed by atoms with van der Waals surface area (Å²) >= 11 is 0. The van der Waals surface area contributed by atoms with Crippen LogP contribution in [-0.2, 0) is 13.1 Å². The van der Waals surface area contributed by atoms with Crippen LogP contribution >= 0.6 is 0 Å². The minimum atomic E-state index is -0.282. The van der Waals surface area contributed by atoms with Crippen LogP contribution in [0.25, 0.3) is 0 Å². The summed E-state index contributed by atoms with van der Waals surface area (Å²) in [5.74, 6) is 0.185. The standard InChI is InChI=1S/C26H34FN3O2/c1-19(2)15-25(31)22-10-6-20(7-11-22)16-28-26(32)30(18-24-5-4-14-29(24)3)17-21-8-12-23(27)13-9-21/h6-13,19,24H,4-5,14-18H2,1-3H3,(H,28,32)/t24-/m0/s1. The first-order valence-electron chi connectivity index (χ1n) is 11.4.